The van der Waals surface area contributed by atoms with E-state index in [1.165, 1.54) is 5.56 Å². The molecular weight excluding hydrogens is 222 g/mol. The van der Waals surface area contributed by atoms with Gasteiger partial charge in [-0.15, -0.1) is 0 Å². The first kappa shape index (κ1) is 12.7. The molecule has 0 spiro atoms. The molecule has 2 aromatic carbocycles. The number of ether oxygens (including phenoxy) is 1. The third-order valence-corrected chi connectivity index (χ3v) is 2.94. The van der Waals surface area contributed by atoms with Crippen LogP contribution in [0.2, 0.25) is 0 Å². The minimum Gasteiger partial charge on any atom is -0.489 e. The van der Waals surface area contributed by atoms with Crippen LogP contribution in [0.15, 0.2) is 48.5 Å². The summed E-state index contributed by atoms with van der Waals surface area (Å²) in [4.78, 5) is 0. The fourth-order valence-corrected chi connectivity index (χ4v) is 1.87. The van der Waals surface area contributed by atoms with Gasteiger partial charge >= 0.3 is 0 Å². The minimum atomic E-state index is 0.569. The number of hydrogen-bond acceptors (Lipinski definition) is 2. The molecule has 2 nitrogen and oxygen atoms in total. The van der Waals surface area contributed by atoms with Crippen LogP contribution < -0.4 is 10.5 Å². The average Bonchev–Trinajstić information content (AvgIpc) is 2.45. The largest absolute Gasteiger partial charge is 0.489 e. The van der Waals surface area contributed by atoms with Gasteiger partial charge in [-0.25, -0.2) is 0 Å². The summed E-state index contributed by atoms with van der Waals surface area (Å²) in [5, 5.41) is 0. The lowest BCUT2D eigenvalue weighted by atomic mass is 10.1. The molecule has 94 valence electrons. The Balaban J connectivity index is 2.01. The molecule has 0 aliphatic heterocycles. The van der Waals surface area contributed by atoms with Gasteiger partial charge in [0.05, 0.1) is 0 Å². The molecule has 2 N–H and O–H groups in total. The minimum absolute atomic E-state index is 0.569. The van der Waals surface area contributed by atoms with Gasteiger partial charge in [0.1, 0.15) is 12.4 Å². The van der Waals surface area contributed by atoms with Gasteiger partial charge < -0.3 is 10.5 Å². The van der Waals surface area contributed by atoms with Gasteiger partial charge in [0.25, 0.3) is 0 Å². The van der Waals surface area contributed by atoms with Crippen LogP contribution in [-0.4, -0.2) is 0 Å². The predicted octanol–water partition coefficient (Wildman–Crippen LogP) is 3.29. The Hall–Kier alpha value is -1.80. The summed E-state index contributed by atoms with van der Waals surface area (Å²) in [6.07, 6.45) is 1.03. The van der Waals surface area contributed by atoms with Crippen molar-refractivity contribution in [3.63, 3.8) is 0 Å². The standard InChI is InChI=1S/C16H19NO/c1-2-13-5-4-8-16(10-13)18-12-15-7-3-6-14(9-15)11-17/h3-10H,2,11-12,17H2,1H3. The summed E-state index contributed by atoms with van der Waals surface area (Å²) in [5.41, 5.74) is 9.21. The van der Waals surface area contributed by atoms with E-state index in [0.29, 0.717) is 13.2 Å². The summed E-state index contributed by atoms with van der Waals surface area (Å²) < 4.78 is 5.79. The molecule has 2 aromatic rings. The normalized spacial score (nSPS) is 10.3. The molecule has 0 radical (unpaired) electrons. The summed E-state index contributed by atoms with van der Waals surface area (Å²) in [7, 11) is 0. The molecule has 0 heterocycles. The Morgan fingerprint density at radius 1 is 0.944 bits per heavy atom. The van der Waals surface area contributed by atoms with Crippen molar-refractivity contribution in [2.75, 3.05) is 0 Å². The lowest BCUT2D eigenvalue weighted by molar-refractivity contribution is 0.306. The number of rotatable bonds is 5. The van der Waals surface area contributed by atoms with Gasteiger partial charge in [-0.05, 0) is 35.2 Å². The molecule has 0 aliphatic carbocycles. The Morgan fingerprint density at radius 2 is 1.67 bits per heavy atom. The highest BCUT2D eigenvalue weighted by molar-refractivity contribution is 5.29. The van der Waals surface area contributed by atoms with Gasteiger partial charge in [0.15, 0.2) is 0 Å². The summed E-state index contributed by atoms with van der Waals surface area (Å²) in [6, 6.07) is 16.4. The predicted molar refractivity (Wildman–Crippen MR) is 74.5 cm³/mol. The molecule has 0 atom stereocenters. The van der Waals surface area contributed by atoms with E-state index in [-0.39, 0.29) is 0 Å². The van der Waals surface area contributed by atoms with Gasteiger partial charge in [-0.1, -0.05) is 43.3 Å². The first-order chi connectivity index (χ1) is 8.81. The van der Waals surface area contributed by atoms with Gasteiger partial charge in [-0.3, -0.25) is 0 Å². The summed E-state index contributed by atoms with van der Waals surface area (Å²) in [5.74, 6) is 0.924. The second kappa shape index (κ2) is 6.22. The van der Waals surface area contributed by atoms with Gasteiger partial charge in [0.2, 0.25) is 0 Å². The van der Waals surface area contributed by atoms with Crippen LogP contribution in [0.25, 0.3) is 0 Å². The summed E-state index contributed by atoms with van der Waals surface area (Å²) >= 11 is 0. The molecule has 0 aromatic heterocycles. The zero-order chi connectivity index (χ0) is 12.8. The van der Waals surface area contributed by atoms with Crippen molar-refractivity contribution in [2.24, 2.45) is 5.73 Å². The maximum Gasteiger partial charge on any atom is 0.120 e. The smallest absolute Gasteiger partial charge is 0.120 e. The molecule has 0 fully saturated rings. The molecule has 18 heavy (non-hydrogen) atoms. The Labute approximate surface area is 108 Å². The van der Waals surface area contributed by atoms with E-state index in [1.807, 2.05) is 24.3 Å². The van der Waals surface area contributed by atoms with Gasteiger partial charge in [-0.2, -0.15) is 0 Å². The van der Waals surface area contributed by atoms with E-state index >= 15 is 0 Å². The Kier molecular flexibility index (Phi) is 4.37. The molecule has 0 bridgehead atoms. The van der Waals surface area contributed by atoms with E-state index in [2.05, 4.69) is 31.2 Å². The first-order valence-electron chi connectivity index (χ1n) is 6.31. The second-order valence-corrected chi connectivity index (χ2v) is 4.31. The fourth-order valence-electron chi connectivity index (χ4n) is 1.87. The Bertz CT molecular complexity index is 460. The molecule has 0 unspecified atom stereocenters. The van der Waals surface area contributed by atoms with E-state index in [4.69, 9.17) is 10.5 Å². The van der Waals surface area contributed by atoms with Crippen molar-refractivity contribution in [3.05, 3.63) is 65.2 Å². The number of aryl methyl sites for hydroxylation is 1. The maximum atomic E-state index is 5.79. The monoisotopic (exact) mass is 241 g/mol. The third kappa shape index (κ3) is 3.34. The van der Waals surface area contributed by atoms with Gasteiger partial charge in [0, 0.05) is 6.54 Å². The quantitative estimate of drug-likeness (QED) is 0.871. The maximum absolute atomic E-state index is 5.79. The van der Waals surface area contributed by atoms with Crippen LogP contribution in [0.5, 0.6) is 5.75 Å². The average molecular weight is 241 g/mol. The van der Waals surface area contributed by atoms with Crippen LogP contribution in [-0.2, 0) is 19.6 Å². The topological polar surface area (TPSA) is 35.2 Å². The van der Waals surface area contributed by atoms with Crippen molar-refractivity contribution in [1.29, 1.82) is 0 Å². The molecule has 0 aliphatic rings. The number of nitrogens with two attached hydrogens (primary N) is 1. The lowest BCUT2D eigenvalue weighted by Crippen LogP contribution is -2.00. The first-order valence-corrected chi connectivity index (χ1v) is 6.31. The second-order valence-electron chi connectivity index (χ2n) is 4.31. The molecule has 0 amide bonds. The van der Waals surface area contributed by atoms with Crippen LogP contribution >= 0.6 is 0 Å². The van der Waals surface area contributed by atoms with E-state index in [0.717, 1.165) is 23.3 Å². The molecule has 0 saturated heterocycles. The van der Waals surface area contributed by atoms with Crippen LogP contribution in [0.3, 0.4) is 0 Å². The molecular formula is C16H19NO. The highest BCUT2D eigenvalue weighted by atomic mass is 16.5. The fraction of sp³-hybridized carbons (Fsp3) is 0.250. The van der Waals surface area contributed by atoms with Crippen molar-refractivity contribution in [3.8, 4) is 5.75 Å². The SMILES string of the molecule is CCc1cccc(OCc2cccc(CN)c2)c1. The zero-order valence-corrected chi connectivity index (χ0v) is 10.7. The van der Waals surface area contributed by atoms with E-state index in [1.54, 1.807) is 0 Å². The number of benzene rings is 2. The third-order valence-electron chi connectivity index (χ3n) is 2.94. The van der Waals surface area contributed by atoms with E-state index in [9.17, 15) is 0 Å². The van der Waals surface area contributed by atoms with Crippen molar-refractivity contribution >= 4 is 0 Å². The molecule has 0 saturated carbocycles. The van der Waals surface area contributed by atoms with Crippen LogP contribution in [0.4, 0.5) is 0 Å². The van der Waals surface area contributed by atoms with Crippen molar-refractivity contribution in [1.82, 2.24) is 0 Å². The highest BCUT2D eigenvalue weighted by Gasteiger charge is 1.98. The van der Waals surface area contributed by atoms with Crippen LogP contribution in [0, 0.1) is 0 Å². The highest BCUT2D eigenvalue weighted by Crippen LogP contribution is 2.16. The zero-order valence-electron chi connectivity index (χ0n) is 10.7. The number of hydrogen-bond donors (Lipinski definition) is 1. The van der Waals surface area contributed by atoms with Crippen LogP contribution in [0.1, 0.15) is 23.6 Å². The Morgan fingerprint density at radius 3 is 2.44 bits per heavy atom. The van der Waals surface area contributed by atoms with E-state index < -0.39 is 0 Å². The molecule has 2 rings (SSSR count). The van der Waals surface area contributed by atoms with Crippen molar-refractivity contribution < 1.29 is 4.74 Å². The lowest BCUT2D eigenvalue weighted by Gasteiger charge is -2.08. The van der Waals surface area contributed by atoms with Crippen molar-refractivity contribution in [2.45, 2.75) is 26.5 Å². The summed E-state index contributed by atoms with van der Waals surface area (Å²) in [6.45, 7) is 3.30. The molecule has 2 heteroatoms.